The van der Waals surface area contributed by atoms with Gasteiger partial charge in [-0.25, -0.2) is 0 Å². The van der Waals surface area contributed by atoms with Crippen molar-refractivity contribution >= 4 is 35.0 Å². The standard InChI is InChI=1S/C24H27N5O4S/c1-4-14-29-21(15-22(30)25-17-8-12-20(13-9-17)33-5-2)27-28-24(29)34-16-23(31)26-18-6-10-19(32-3)11-7-18/h4,6-13H,1,5,14-16H2,2-3H3,(H,25,30)(H,26,31). The Morgan fingerprint density at radius 2 is 1.62 bits per heavy atom. The molecule has 0 bridgehead atoms. The number of amides is 2. The number of nitrogens with one attached hydrogen (secondary N) is 2. The molecule has 0 fully saturated rings. The summed E-state index contributed by atoms with van der Waals surface area (Å²) in [6, 6.07) is 14.2. The summed E-state index contributed by atoms with van der Waals surface area (Å²) in [5.41, 5.74) is 1.33. The lowest BCUT2D eigenvalue weighted by atomic mass is 10.3. The summed E-state index contributed by atoms with van der Waals surface area (Å²) in [5.74, 6) is 1.67. The maximum Gasteiger partial charge on any atom is 0.234 e. The zero-order valence-corrected chi connectivity index (χ0v) is 19.9. The second kappa shape index (κ2) is 12.4. The average molecular weight is 482 g/mol. The van der Waals surface area contributed by atoms with Crippen LogP contribution in [-0.2, 0) is 22.6 Å². The largest absolute Gasteiger partial charge is 0.497 e. The Balaban J connectivity index is 1.57. The monoisotopic (exact) mass is 481 g/mol. The molecule has 0 aliphatic heterocycles. The fourth-order valence-corrected chi connectivity index (χ4v) is 3.79. The van der Waals surface area contributed by atoms with Crippen LogP contribution in [0.25, 0.3) is 0 Å². The van der Waals surface area contributed by atoms with Crippen LogP contribution in [0.2, 0.25) is 0 Å². The molecule has 178 valence electrons. The Morgan fingerprint density at radius 3 is 2.21 bits per heavy atom. The van der Waals surface area contributed by atoms with Gasteiger partial charge in [-0.3, -0.25) is 9.59 Å². The molecule has 0 unspecified atom stereocenters. The van der Waals surface area contributed by atoms with Crippen LogP contribution in [0.4, 0.5) is 11.4 Å². The maximum absolute atomic E-state index is 12.5. The van der Waals surface area contributed by atoms with Gasteiger partial charge in [0.1, 0.15) is 17.3 Å². The van der Waals surface area contributed by atoms with Crippen molar-refractivity contribution in [3.05, 3.63) is 67.0 Å². The highest BCUT2D eigenvalue weighted by atomic mass is 32.2. The van der Waals surface area contributed by atoms with E-state index in [2.05, 4.69) is 27.4 Å². The van der Waals surface area contributed by atoms with Crippen LogP contribution in [0.1, 0.15) is 12.7 Å². The van der Waals surface area contributed by atoms with E-state index in [1.54, 1.807) is 66.3 Å². The van der Waals surface area contributed by atoms with E-state index in [4.69, 9.17) is 9.47 Å². The van der Waals surface area contributed by atoms with E-state index < -0.39 is 0 Å². The minimum Gasteiger partial charge on any atom is -0.497 e. The summed E-state index contributed by atoms with van der Waals surface area (Å²) < 4.78 is 12.3. The molecule has 1 heterocycles. The number of carbonyl (C=O) groups is 2. The number of hydrogen-bond acceptors (Lipinski definition) is 7. The van der Waals surface area contributed by atoms with Gasteiger partial charge in [-0.1, -0.05) is 17.8 Å². The van der Waals surface area contributed by atoms with Crippen molar-refractivity contribution in [1.82, 2.24) is 14.8 Å². The molecule has 1 aromatic heterocycles. The van der Waals surface area contributed by atoms with Gasteiger partial charge in [0.2, 0.25) is 11.8 Å². The van der Waals surface area contributed by atoms with E-state index in [1.165, 1.54) is 11.8 Å². The highest BCUT2D eigenvalue weighted by molar-refractivity contribution is 7.99. The molecule has 10 heteroatoms. The third kappa shape index (κ3) is 7.11. The first kappa shape index (κ1) is 24.8. The number of anilines is 2. The van der Waals surface area contributed by atoms with Gasteiger partial charge < -0.3 is 24.7 Å². The van der Waals surface area contributed by atoms with Gasteiger partial charge in [-0.05, 0) is 55.5 Å². The topological polar surface area (TPSA) is 107 Å². The summed E-state index contributed by atoms with van der Waals surface area (Å²) in [6.45, 7) is 6.67. The number of benzene rings is 2. The van der Waals surface area contributed by atoms with E-state index in [-0.39, 0.29) is 24.0 Å². The van der Waals surface area contributed by atoms with E-state index >= 15 is 0 Å². The molecular formula is C24H27N5O4S. The number of thioether (sulfide) groups is 1. The number of aromatic nitrogens is 3. The van der Waals surface area contributed by atoms with Gasteiger partial charge in [0, 0.05) is 17.9 Å². The minimum absolute atomic E-state index is 0.0344. The van der Waals surface area contributed by atoms with Crippen molar-refractivity contribution in [2.45, 2.75) is 25.0 Å². The molecule has 34 heavy (non-hydrogen) atoms. The summed E-state index contributed by atoms with van der Waals surface area (Å²) in [4.78, 5) is 24.9. The van der Waals surface area contributed by atoms with Crippen molar-refractivity contribution in [3.8, 4) is 11.5 Å². The third-order valence-corrected chi connectivity index (χ3v) is 5.55. The highest BCUT2D eigenvalue weighted by Crippen LogP contribution is 2.20. The van der Waals surface area contributed by atoms with Crippen LogP contribution in [0, 0.1) is 0 Å². The van der Waals surface area contributed by atoms with E-state index in [0.717, 1.165) is 5.75 Å². The smallest absolute Gasteiger partial charge is 0.234 e. The first-order valence-electron chi connectivity index (χ1n) is 10.6. The molecule has 2 N–H and O–H groups in total. The van der Waals surface area contributed by atoms with Crippen molar-refractivity contribution < 1.29 is 19.1 Å². The highest BCUT2D eigenvalue weighted by Gasteiger charge is 2.16. The lowest BCUT2D eigenvalue weighted by Crippen LogP contribution is -2.18. The Morgan fingerprint density at radius 1 is 1.00 bits per heavy atom. The predicted molar refractivity (Wildman–Crippen MR) is 133 cm³/mol. The normalized spacial score (nSPS) is 10.4. The van der Waals surface area contributed by atoms with E-state index in [9.17, 15) is 9.59 Å². The lowest BCUT2D eigenvalue weighted by Gasteiger charge is -2.09. The Labute approximate surface area is 202 Å². The van der Waals surface area contributed by atoms with Crippen molar-refractivity contribution in [2.75, 3.05) is 30.1 Å². The summed E-state index contributed by atoms with van der Waals surface area (Å²) in [5, 5.41) is 14.5. The first-order valence-corrected chi connectivity index (χ1v) is 11.6. The molecule has 9 nitrogen and oxygen atoms in total. The SMILES string of the molecule is C=CCn1c(CC(=O)Nc2ccc(OCC)cc2)nnc1SCC(=O)Nc1ccc(OC)cc1. The first-order chi connectivity index (χ1) is 16.5. The van der Waals surface area contributed by atoms with Gasteiger partial charge in [0.25, 0.3) is 0 Å². The van der Waals surface area contributed by atoms with Crippen LogP contribution in [0.3, 0.4) is 0 Å². The number of ether oxygens (including phenoxy) is 2. The molecule has 2 amide bonds. The molecule has 0 spiro atoms. The van der Waals surface area contributed by atoms with Crippen LogP contribution < -0.4 is 20.1 Å². The van der Waals surface area contributed by atoms with Crippen LogP contribution >= 0.6 is 11.8 Å². The molecule has 3 rings (SSSR count). The molecule has 0 saturated heterocycles. The number of nitrogens with zero attached hydrogens (tertiary/aromatic N) is 3. The fraction of sp³-hybridized carbons (Fsp3) is 0.250. The molecule has 0 radical (unpaired) electrons. The predicted octanol–water partition coefficient (Wildman–Crippen LogP) is 3.78. The molecule has 0 atom stereocenters. The van der Waals surface area contributed by atoms with E-state index in [0.29, 0.717) is 41.3 Å². The number of hydrogen-bond donors (Lipinski definition) is 2. The Hall–Kier alpha value is -3.79. The fourth-order valence-electron chi connectivity index (χ4n) is 3.02. The maximum atomic E-state index is 12.5. The van der Waals surface area contributed by atoms with Crippen LogP contribution in [0.15, 0.2) is 66.3 Å². The number of allylic oxidation sites excluding steroid dienone is 1. The van der Waals surface area contributed by atoms with E-state index in [1.807, 2.05) is 6.92 Å². The summed E-state index contributed by atoms with van der Waals surface area (Å²) >= 11 is 1.24. The molecule has 2 aromatic carbocycles. The zero-order valence-electron chi connectivity index (χ0n) is 19.1. The number of carbonyl (C=O) groups excluding carboxylic acids is 2. The lowest BCUT2D eigenvalue weighted by molar-refractivity contribution is -0.116. The third-order valence-electron chi connectivity index (χ3n) is 4.58. The van der Waals surface area contributed by atoms with Crippen LogP contribution in [-0.4, -0.2) is 46.0 Å². The Bertz CT molecular complexity index is 1110. The number of methoxy groups -OCH3 is 1. The summed E-state index contributed by atoms with van der Waals surface area (Å²) in [6.07, 6.45) is 1.73. The molecule has 0 aliphatic carbocycles. The van der Waals surface area contributed by atoms with Crippen LogP contribution in [0.5, 0.6) is 11.5 Å². The number of rotatable bonds is 12. The van der Waals surface area contributed by atoms with Crippen molar-refractivity contribution in [2.24, 2.45) is 0 Å². The van der Waals surface area contributed by atoms with Gasteiger partial charge in [-0.2, -0.15) is 0 Å². The minimum atomic E-state index is -0.226. The molecular weight excluding hydrogens is 454 g/mol. The second-order valence-corrected chi connectivity index (χ2v) is 7.99. The van der Waals surface area contributed by atoms with Gasteiger partial charge in [0.05, 0.1) is 25.9 Å². The van der Waals surface area contributed by atoms with Gasteiger partial charge in [-0.15, -0.1) is 16.8 Å². The molecule has 3 aromatic rings. The van der Waals surface area contributed by atoms with Crippen molar-refractivity contribution in [3.63, 3.8) is 0 Å². The molecule has 0 aliphatic rings. The average Bonchev–Trinajstić information content (AvgIpc) is 3.21. The van der Waals surface area contributed by atoms with Crippen molar-refractivity contribution in [1.29, 1.82) is 0 Å². The molecule has 0 saturated carbocycles. The quantitative estimate of drug-likeness (QED) is 0.299. The van der Waals surface area contributed by atoms with Gasteiger partial charge in [0.15, 0.2) is 5.16 Å². The van der Waals surface area contributed by atoms with Gasteiger partial charge >= 0.3 is 0 Å². The zero-order chi connectivity index (χ0) is 24.3. The second-order valence-electron chi connectivity index (χ2n) is 7.05. The summed E-state index contributed by atoms with van der Waals surface area (Å²) in [7, 11) is 1.58. The Kier molecular flexibility index (Phi) is 9.10.